The van der Waals surface area contributed by atoms with Crippen molar-refractivity contribution < 1.29 is 0 Å². The summed E-state index contributed by atoms with van der Waals surface area (Å²) >= 11 is 0. The number of nitrogens with zero attached hydrogens (tertiary/aromatic N) is 2. The first-order chi connectivity index (χ1) is 6.63. The first-order valence-electron chi connectivity index (χ1n) is 5.76. The molecular formula is C11H25N3. The molecule has 3 heteroatoms. The lowest BCUT2D eigenvalue weighted by Gasteiger charge is -2.39. The Morgan fingerprint density at radius 3 is 2.64 bits per heavy atom. The van der Waals surface area contributed by atoms with Crippen LogP contribution >= 0.6 is 0 Å². The lowest BCUT2D eigenvalue weighted by atomic mass is 10.1. The van der Waals surface area contributed by atoms with Gasteiger partial charge in [0, 0.05) is 32.2 Å². The summed E-state index contributed by atoms with van der Waals surface area (Å²) in [5.41, 5.74) is 5.79. The highest BCUT2D eigenvalue weighted by Gasteiger charge is 2.23. The summed E-state index contributed by atoms with van der Waals surface area (Å²) < 4.78 is 0. The van der Waals surface area contributed by atoms with Crippen LogP contribution in [0, 0.1) is 5.92 Å². The molecule has 1 aliphatic heterocycles. The van der Waals surface area contributed by atoms with Crippen LogP contribution in [0.2, 0.25) is 0 Å². The molecule has 1 unspecified atom stereocenters. The molecule has 2 N–H and O–H groups in total. The number of nitrogens with two attached hydrogens (primary N) is 1. The van der Waals surface area contributed by atoms with Crippen LogP contribution < -0.4 is 5.73 Å². The molecule has 0 spiro atoms. The minimum Gasteiger partial charge on any atom is -0.329 e. The van der Waals surface area contributed by atoms with E-state index in [1.54, 1.807) is 0 Å². The molecular weight excluding hydrogens is 174 g/mol. The van der Waals surface area contributed by atoms with Gasteiger partial charge in [0.25, 0.3) is 0 Å². The van der Waals surface area contributed by atoms with Gasteiger partial charge in [-0.25, -0.2) is 0 Å². The standard InChI is InChI=1S/C11H25N3/c1-10(2)4-5-14-7-6-13(3)9-11(14)8-12/h10-11H,4-9,12H2,1-3H3. The molecule has 0 saturated carbocycles. The van der Waals surface area contributed by atoms with E-state index < -0.39 is 0 Å². The van der Waals surface area contributed by atoms with Crippen LogP contribution in [0.25, 0.3) is 0 Å². The average molecular weight is 199 g/mol. The first-order valence-corrected chi connectivity index (χ1v) is 5.76. The molecule has 0 aromatic heterocycles. The zero-order valence-corrected chi connectivity index (χ0v) is 9.87. The van der Waals surface area contributed by atoms with Gasteiger partial charge < -0.3 is 10.6 Å². The molecule has 1 rings (SSSR count). The van der Waals surface area contributed by atoms with Crippen LogP contribution in [0.5, 0.6) is 0 Å². The molecule has 0 aliphatic carbocycles. The third-order valence-corrected chi connectivity index (χ3v) is 3.07. The highest BCUT2D eigenvalue weighted by molar-refractivity contribution is 4.81. The van der Waals surface area contributed by atoms with Gasteiger partial charge in [-0.2, -0.15) is 0 Å². The maximum Gasteiger partial charge on any atom is 0.0346 e. The third-order valence-electron chi connectivity index (χ3n) is 3.07. The molecule has 0 radical (unpaired) electrons. The van der Waals surface area contributed by atoms with Crippen molar-refractivity contribution in [2.45, 2.75) is 26.3 Å². The largest absolute Gasteiger partial charge is 0.329 e. The molecule has 1 atom stereocenters. The molecule has 1 aliphatic rings. The van der Waals surface area contributed by atoms with Gasteiger partial charge >= 0.3 is 0 Å². The fourth-order valence-electron chi connectivity index (χ4n) is 1.99. The van der Waals surface area contributed by atoms with E-state index in [1.807, 2.05) is 0 Å². The molecule has 14 heavy (non-hydrogen) atoms. The SMILES string of the molecule is CC(C)CCN1CCN(C)CC1CN. The number of hydrogen-bond donors (Lipinski definition) is 1. The highest BCUT2D eigenvalue weighted by Crippen LogP contribution is 2.10. The molecule has 0 aromatic rings. The van der Waals surface area contributed by atoms with Gasteiger partial charge in [0.05, 0.1) is 0 Å². The Kier molecular flexibility index (Phi) is 4.85. The molecule has 84 valence electrons. The Bertz CT molecular complexity index is 159. The van der Waals surface area contributed by atoms with Crippen molar-refractivity contribution >= 4 is 0 Å². The van der Waals surface area contributed by atoms with E-state index in [9.17, 15) is 0 Å². The Morgan fingerprint density at radius 1 is 1.36 bits per heavy atom. The summed E-state index contributed by atoms with van der Waals surface area (Å²) in [7, 11) is 2.18. The second-order valence-electron chi connectivity index (χ2n) is 4.87. The Labute approximate surface area is 88.2 Å². The summed E-state index contributed by atoms with van der Waals surface area (Å²) in [5.74, 6) is 0.799. The van der Waals surface area contributed by atoms with Crippen molar-refractivity contribution in [3.8, 4) is 0 Å². The smallest absolute Gasteiger partial charge is 0.0346 e. The predicted molar refractivity (Wildman–Crippen MR) is 61.4 cm³/mol. The van der Waals surface area contributed by atoms with Gasteiger partial charge in [-0.15, -0.1) is 0 Å². The van der Waals surface area contributed by atoms with Gasteiger partial charge in [-0.05, 0) is 25.9 Å². The minimum absolute atomic E-state index is 0.576. The van der Waals surface area contributed by atoms with E-state index in [2.05, 4.69) is 30.7 Å². The molecule has 3 nitrogen and oxygen atoms in total. The van der Waals surface area contributed by atoms with Gasteiger partial charge in [-0.3, -0.25) is 4.90 Å². The second kappa shape index (κ2) is 5.69. The van der Waals surface area contributed by atoms with Crippen molar-refractivity contribution in [3.63, 3.8) is 0 Å². The van der Waals surface area contributed by atoms with Crippen LogP contribution in [-0.2, 0) is 0 Å². The predicted octanol–water partition coefficient (Wildman–Crippen LogP) is 0.607. The van der Waals surface area contributed by atoms with Gasteiger partial charge in [0.1, 0.15) is 0 Å². The summed E-state index contributed by atoms with van der Waals surface area (Å²) in [6.07, 6.45) is 1.29. The number of rotatable bonds is 4. The van der Waals surface area contributed by atoms with E-state index in [4.69, 9.17) is 5.73 Å². The van der Waals surface area contributed by atoms with Crippen LogP contribution in [0.15, 0.2) is 0 Å². The Balaban J connectivity index is 2.34. The van der Waals surface area contributed by atoms with E-state index in [-0.39, 0.29) is 0 Å². The molecule has 1 heterocycles. The van der Waals surface area contributed by atoms with Crippen molar-refractivity contribution in [2.75, 3.05) is 39.8 Å². The number of likely N-dealkylation sites (N-methyl/N-ethyl adjacent to an activating group) is 1. The fraction of sp³-hybridized carbons (Fsp3) is 1.00. The van der Waals surface area contributed by atoms with Crippen molar-refractivity contribution in [1.29, 1.82) is 0 Å². The number of hydrogen-bond acceptors (Lipinski definition) is 3. The topological polar surface area (TPSA) is 32.5 Å². The summed E-state index contributed by atoms with van der Waals surface area (Å²) in [6, 6.07) is 0.576. The van der Waals surface area contributed by atoms with Crippen LogP contribution in [-0.4, -0.2) is 55.6 Å². The Hall–Kier alpha value is -0.120. The third kappa shape index (κ3) is 3.56. The summed E-state index contributed by atoms with van der Waals surface area (Å²) in [6.45, 7) is 10.1. The first kappa shape index (κ1) is 12.0. The fourth-order valence-corrected chi connectivity index (χ4v) is 1.99. The zero-order chi connectivity index (χ0) is 10.6. The van der Waals surface area contributed by atoms with Gasteiger partial charge in [-0.1, -0.05) is 13.8 Å². The maximum absolute atomic E-state index is 5.79. The van der Waals surface area contributed by atoms with Crippen molar-refractivity contribution in [1.82, 2.24) is 9.80 Å². The highest BCUT2D eigenvalue weighted by atomic mass is 15.3. The van der Waals surface area contributed by atoms with Crippen molar-refractivity contribution in [2.24, 2.45) is 11.7 Å². The molecule has 0 amide bonds. The summed E-state index contributed by atoms with van der Waals surface area (Å²) in [5, 5.41) is 0. The lowest BCUT2D eigenvalue weighted by molar-refractivity contribution is 0.0902. The minimum atomic E-state index is 0.576. The average Bonchev–Trinajstić information content (AvgIpc) is 2.15. The van der Waals surface area contributed by atoms with Crippen LogP contribution in [0.3, 0.4) is 0 Å². The van der Waals surface area contributed by atoms with Gasteiger partial charge in [0.15, 0.2) is 0 Å². The van der Waals surface area contributed by atoms with Crippen molar-refractivity contribution in [3.05, 3.63) is 0 Å². The lowest BCUT2D eigenvalue weighted by Crippen LogP contribution is -2.55. The van der Waals surface area contributed by atoms with E-state index in [0.717, 1.165) is 19.0 Å². The molecule has 1 saturated heterocycles. The van der Waals surface area contributed by atoms with Crippen LogP contribution in [0.4, 0.5) is 0 Å². The van der Waals surface area contributed by atoms with Gasteiger partial charge in [0.2, 0.25) is 0 Å². The normalized spacial score (nSPS) is 25.9. The monoisotopic (exact) mass is 199 g/mol. The van der Waals surface area contributed by atoms with E-state index >= 15 is 0 Å². The number of piperazine rings is 1. The maximum atomic E-state index is 5.79. The second-order valence-corrected chi connectivity index (χ2v) is 4.87. The molecule has 1 fully saturated rings. The van der Waals surface area contributed by atoms with E-state index in [0.29, 0.717) is 6.04 Å². The summed E-state index contributed by atoms with van der Waals surface area (Å²) in [4.78, 5) is 4.93. The Morgan fingerprint density at radius 2 is 2.07 bits per heavy atom. The quantitative estimate of drug-likeness (QED) is 0.720. The van der Waals surface area contributed by atoms with Crippen LogP contribution in [0.1, 0.15) is 20.3 Å². The zero-order valence-electron chi connectivity index (χ0n) is 9.87. The molecule has 0 aromatic carbocycles. The van der Waals surface area contributed by atoms with E-state index in [1.165, 1.54) is 26.1 Å². The molecule has 0 bridgehead atoms.